The summed E-state index contributed by atoms with van der Waals surface area (Å²) < 4.78 is 16.5. The van der Waals surface area contributed by atoms with E-state index in [1.807, 2.05) is 0 Å². The average molecular weight is 513 g/mol. The molecule has 6 fully saturated rings. The standard InChI is InChI=1S/C31H44O6/c1-19(32)36-27(8-9-31-16-22-10-23(17-31)12-24(11-22)18-31)30-26-14-21(6-4-5-7-29(34)35-3)13-25(26)15-28(30)37-20(2)33/h6,8,22-26,28,30H,4-5,7,9-18H2,1-3H3/b21-6+,27-8?/t22?,23?,24?,25-,26-,28+,30-,31?/m1/s1. The zero-order valence-electron chi connectivity index (χ0n) is 22.8. The smallest absolute Gasteiger partial charge is 0.307 e. The Morgan fingerprint density at radius 2 is 1.62 bits per heavy atom. The molecule has 0 amide bonds. The molecule has 4 atom stereocenters. The maximum Gasteiger partial charge on any atom is 0.307 e. The molecule has 0 unspecified atom stereocenters. The third-order valence-electron chi connectivity index (χ3n) is 10.1. The van der Waals surface area contributed by atoms with E-state index in [4.69, 9.17) is 14.2 Å². The normalized spacial score (nSPS) is 39.1. The summed E-state index contributed by atoms with van der Waals surface area (Å²) in [4.78, 5) is 35.7. The predicted molar refractivity (Wildman–Crippen MR) is 139 cm³/mol. The van der Waals surface area contributed by atoms with Crippen molar-refractivity contribution in [2.24, 2.45) is 40.9 Å². The van der Waals surface area contributed by atoms with Crippen LogP contribution >= 0.6 is 0 Å². The summed E-state index contributed by atoms with van der Waals surface area (Å²) in [5, 5.41) is 0. The Morgan fingerprint density at radius 3 is 2.22 bits per heavy atom. The average Bonchev–Trinajstić information content (AvgIpc) is 3.34. The Morgan fingerprint density at radius 1 is 0.946 bits per heavy atom. The molecule has 6 nitrogen and oxygen atoms in total. The summed E-state index contributed by atoms with van der Waals surface area (Å²) in [7, 11) is 1.43. The van der Waals surface area contributed by atoms with Gasteiger partial charge in [0.05, 0.1) is 13.0 Å². The maximum atomic E-state index is 12.3. The van der Waals surface area contributed by atoms with Gasteiger partial charge in [-0.05, 0) is 118 Å². The predicted octanol–water partition coefficient (Wildman–Crippen LogP) is 6.29. The molecule has 6 saturated carbocycles. The third kappa shape index (κ3) is 5.98. The van der Waals surface area contributed by atoms with Gasteiger partial charge in [0.1, 0.15) is 11.9 Å². The number of carbonyl (C=O) groups is 3. The van der Waals surface area contributed by atoms with E-state index in [9.17, 15) is 14.4 Å². The van der Waals surface area contributed by atoms with Crippen molar-refractivity contribution in [3.63, 3.8) is 0 Å². The van der Waals surface area contributed by atoms with E-state index in [-0.39, 0.29) is 29.9 Å². The van der Waals surface area contributed by atoms with Crippen molar-refractivity contribution >= 4 is 17.9 Å². The number of allylic oxidation sites excluding steroid dienone is 3. The number of methoxy groups -OCH3 is 1. The van der Waals surface area contributed by atoms with Crippen LogP contribution < -0.4 is 0 Å². The number of hydrogen-bond acceptors (Lipinski definition) is 6. The first-order valence-corrected chi connectivity index (χ1v) is 14.5. The van der Waals surface area contributed by atoms with Gasteiger partial charge in [0, 0.05) is 20.3 Å². The summed E-state index contributed by atoms with van der Waals surface area (Å²) in [5.41, 5.74) is 1.77. The van der Waals surface area contributed by atoms with E-state index >= 15 is 0 Å². The number of fused-ring (bicyclic) bond motifs is 1. The second-order valence-corrected chi connectivity index (χ2v) is 12.9. The monoisotopic (exact) mass is 512 g/mol. The van der Waals surface area contributed by atoms with Crippen LogP contribution in [0.2, 0.25) is 0 Å². The SMILES string of the molecule is COC(=O)CCC/C=C1\C[C@@H]2C[C@H](OC(C)=O)[C@@H](C(=CCC34CC5CC(CC(C5)C3)C4)OC(C)=O)[C@@H]2C1. The first-order chi connectivity index (χ1) is 17.7. The molecular weight excluding hydrogens is 468 g/mol. The zero-order valence-corrected chi connectivity index (χ0v) is 22.8. The van der Waals surface area contributed by atoms with Crippen molar-refractivity contribution in [3.8, 4) is 0 Å². The third-order valence-corrected chi connectivity index (χ3v) is 10.1. The van der Waals surface area contributed by atoms with Gasteiger partial charge in [0.15, 0.2) is 0 Å². The van der Waals surface area contributed by atoms with Crippen LogP contribution in [0, 0.1) is 40.9 Å². The van der Waals surface area contributed by atoms with Crippen molar-refractivity contribution in [2.45, 2.75) is 103 Å². The molecule has 37 heavy (non-hydrogen) atoms. The van der Waals surface area contributed by atoms with E-state index < -0.39 is 0 Å². The Hall–Kier alpha value is -2.11. The molecule has 6 rings (SSSR count). The van der Waals surface area contributed by atoms with Crippen LogP contribution in [0.3, 0.4) is 0 Å². The largest absolute Gasteiger partial charge is 0.469 e. The number of hydrogen-bond donors (Lipinski definition) is 0. The highest BCUT2D eigenvalue weighted by Crippen LogP contribution is 2.62. The molecule has 0 aliphatic heterocycles. The molecule has 0 aromatic heterocycles. The molecule has 0 N–H and O–H groups in total. The van der Waals surface area contributed by atoms with Crippen LogP contribution in [0.1, 0.15) is 97.3 Å². The molecular formula is C31H44O6. The minimum Gasteiger partial charge on any atom is -0.469 e. The lowest BCUT2D eigenvalue weighted by atomic mass is 9.49. The van der Waals surface area contributed by atoms with Gasteiger partial charge in [-0.1, -0.05) is 11.6 Å². The summed E-state index contributed by atoms with van der Waals surface area (Å²) >= 11 is 0. The number of carbonyl (C=O) groups excluding carboxylic acids is 3. The van der Waals surface area contributed by atoms with E-state index in [0.29, 0.717) is 23.7 Å². The van der Waals surface area contributed by atoms with Gasteiger partial charge in [-0.25, -0.2) is 0 Å². The summed E-state index contributed by atoms with van der Waals surface area (Å²) in [6, 6.07) is 0. The highest BCUT2D eigenvalue weighted by atomic mass is 16.6. The van der Waals surface area contributed by atoms with E-state index in [0.717, 1.165) is 62.0 Å². The van der Waals surface area contributed by atoms with Gasteiger partial charge in [0.2, 0.25) is 0 Å². The first-order valence-electron chi connectivity index (χ1n) is 14.5. The van der Waals surface area contributed by atoms with Crippen LogP contribution in [0.15, 0.2) is 23.5 Å². The highest BCUT2D eigenvalue weighted by Gasteiger charge is 2.52. The summed E-state index contributed by atoms with van der Waals surface area (Å²) in [5.74, 6) is 3.30. The van der Waals surface area contributed by atoms with Gasteiger partial charge in [0.25, 0.3) is 0 Å². The minimum absolute atomic E-state index is 0.0762. The fourth-order valence-electron chi connectivity index (χ4n) is 9.26. The molecule has 204 valence electrons. The van der Waals surface area contributed by atoms with Gasteiger partial charge < -0.3 is 14.2 Å². The molecule has 0 aromatic carbocycles. The van der Waals surface area contributed by atoms with Gasteiger partial charge in [-0.2, -0.15) is 0 Å². The van der Waals surface area contributed by atoms with Gasteiger partial charge in [-0.15, -0.1) is 0 Å². The van der Waals surface area contributed by atoms with Crippen molar-refractivity contribution in [1.29, 1.82) is 0 Å². The fraction of sp³-hybridized carbons (Fsp3) is 0.774. The Kier molecular flexibility index (Phi) is 7.83. The van der Waals surface area contributed by atoms with E-state index in [1.54, 1.807) is 0 Å². The number of esters is 3. The Bertz CT molecular complexity index is 925. The van der Waals surface area contributed by atoms with Crippen molar-refractivity contribution in [3.05, 3.63) is 23.5 Å². The molecule has 0 spiro atoms. The molecule has 6 aliphatic carbocycles. The number of unbranched alkanes of at least 4 members (excludes halogenated alkanes) is 1. The lowest BCUT2D eigenvalue weighted by Gasteiger charge is -2.56. The van der Waals surface area contributed by atoms with Crippen LogP contribution in [0.5, 0.6) is 0 Å². The van der Waals surface area contributed by atoms with Crippen LogP contribution in [0.25, 0.3) is 0 Å². The molecule has 6 aliphatic rings. The highest BCUT2D eigenvalue weighted by molar-refractivity contribution is 5.69. The van der Waals surface area contributed by atoms with Crippen LogP contribution in [-0.2, 0) is 28.6 Å². The Balaban J connectivity index is 1.33. The van der Waals surface area contributed by atoms with E-state index in [1.165, 1.54) is 65.1 Å². The minimum atomic E-state index is -0.293. The van der Waals surface area contributed by atoms with Gasteiger partial charge >= 0.3 is 17.9 Å². The lowest BCUT2D eigenvalue weighted by molar-refractivity contribution is -0.149. The summed E-state index contributed by atoms with van der Waals surface area (Å²) in [6.07, 6.45) is 18.2. The maximum absolute atomic E-state index is 12.3. The van der Waals surface area contributed by atoms with Crippen LogP contribution in [0.4, 0.5) is 0 Å². The van der Waals surface area contributed by atoms with E-state index in [2.05, 4.69) is 12.2 Å². The topological polar surface area (TPSA) is 78.9 Å². The zero-order chi connectivity index (χ0) is 26.2. The molecule has 6 heteroatoms. The molecule has 0 aromatic rings. The molecule has 0 radical (unpaired) electrons. The lowest BCUT2D eigenvalue weighted by Crippen LogP contribution is -2.45. The molecule has 0 heterocycles. The van der Waals surface area contributed by atoms with Crippen molar-refractivity contribution in [1.82, 2.24) is 0 Å². The second-order valence-electron chi connectivity index (χ2n) is 12.9. The first kappa shape index (κ1) is 26.5. The van der Waals surface area contributed by atoms with Crippen molar-refractivity contribution < 1.29 is 28.6 Å². The second kappa shape index (κ2) is 10.9. The number of ether oxygens (including phenoxy) is 3. The fourth-order valence-corrected chi connectivity index (χ4v) is 9.26. The quantitative estimate of drug-likeness (QED) is 0.119. The molecule has 4 bridgehead atoms. The number of rotatable bonds is 9. The van der Waals surface area contributed by atoms with Gasteiger partial charge in [-0.3, -0.25) is 14.4 Å². The summed E-state index contributed by atoms with van der Waals surface area (Å²) in [6.45, 7) is 2.95. The Labute approximate surface area is 221 Å². The van der Waals surface area contributed by atoms with Crippen LogP contribution in [-0.4, -0.2) is 31.1 Å². The molecule has 0 saturated heterocycles. The van der Waals surface area contributed by atoms with Crippen molar-refractivity contribution in [2.75, 3.05) is 7.11 Å².